The minimum atomic E-state index is 0.412. The first-order chi connectivity index (χ1) is 8.80. The highest BCUT2D eigenvalue weighted by Crippen LogP contribution is 2.23. The fraction of sp³-hybridized carbons (Fsp3) is 0.400. The van der Waals surface area contributed by atoms with E-state index in [0.717, 1.165) is 18.8 Å². The van der Waals surface area contributed by atoms with Crippen molar-refractivity contribution in [3.05, 3.63) is 42.2 Å². The quantitative estimate of drug-likeness (QED) is 0.873. The Hall–Kier alpha value is -1.61. The molecule has 1 unspecified atom stereocenters. The molecule has 0 aliphatic heterocycles. The summed E-state index contributed by atoms with van der Waals surface area (Å²) >= 11 is 0. The van der Waals surface area contributed by atoms with Crippen LogP contribution in [0.1, 0.15) is 31.9 Å². The van der Waals surface area contributed by atoms with Crippen molar-refractivity contribution in [2.24, 2.45) is 0 Å². The molecule has 0 saturated carbocycles. The number of hydrogen-bond donors (Lipinski definition) is 1. The summed E-state index contributed by atoms with van der Waals surface area (Å²) in [5.41, 5.74) is 2.51. The van der Waals surface area contributed by atoms with Gasteiger partial charge in [-0.1, -0.05) is 25.1 Å². The monoisotopic (exact) mass is 243 g/mol. The van der Waals surface area contributed by atoms with E-state index in [4.69, 9.17) is 0 Å². The first-order valence-electron chi connectivity index (χ1n) is 6.58. The zero-order valence-corrected chi connectivity index (χ0v) is 11.4. The molecule has 0 aliphatic rings. The highest BCUT2D eigenvalue weighted by atomic mass is 15.1. The second kappa shape index (κ2) is 5.83. The smallest absolute Gasteiger partial charge is 0.139 e. The number of aryl methyl sites for hydroxylation is 1. The predicted molar refractivity (Wildman–Crippen MR) is 75.4 cm³/mol. The maximum absolute atomic E-state index is 4.45. The van der Waals surface area contributed by atoms with Gasteiger partial charge in [0.2, 0.25) is 0 Å². The van der Waals surface area contributed by atoms with Gasteiger partial charge in [-0.3, -0.25) is 0 Å². The molecule has 96 valence electrons. The molecule has 1 aromatic heterocycles. The van der Waals surface area contributed by atoms with Crippen LogP contribution < -0.4 is 5.32 Å². The van der Waals surface area contributed by atoms with Crippen molar-refractivity contribution in [3.63, 3.8) is 0 Å². The van der Waals surface area contributed by atoms with Gasteiger partial charge in [-0.05, 0) is 32.0 Å². The van der Waals surface area contributed by atoms with Gasteiger partial charge in [0.05, 0.1) is 0 Å². The van der Waals surface area contributed by atoms with Gasteiger partial charge in [-0.15, -0.1) is 0 Å². The maximum atomic E-state index is 4.45. The van der Waals surface area contributed by atoms with Crippen molar-refractivity contribution in [1.82, 2.24) is 14.9 Å². The normalized spacial score (nSPS) is 12.6. The Kier molecular flexibility index (Phi) is 4.15. The summed E-state index contributed by atoms with van der Waals surface area (Å²) in [5.74, 6) is 1.05. The summed E-state index contributed by atoms with van der Waals surface area (Å²) < 4.78 is 2.17. The van der Waals surface area contributed by atoms with Crippen LogP contribution in [-0.2, 0) is 6.54 Å². The number of nitrogens with zero attached hydrogens (tertiary/aromatic N) is 2. The minimum absolute atomic E-state index is 0.412. The summed E-state index contributed by atoms with van der Waals surface area (Å²) in [6.07, 6.45) is 4.97. The summed E-state index contributed by atoms with van der Waals surface area (Å²) in [7, 11) is 2.01. The number of aromatic nitrogens is 2. The largest absolute Gasteiger partial charge is 0.331 e. The van der Waals surface area contributed by atoms with E-state index in [2.05, 4.69) is 53.0 Å². The Morgan fingerprint density at radius 1 is 1.33 bits per heavy atom. The van der Waals surface area contributed by atoms with Crippen LogP contribution in [0.3, 0.4) is 0 Å². The van der Waals surface area contributed by atoms with E-state index >= 15 is 0 Å². The van der Waals surface area contributed by atoms with E-state index in [-0.39, 0.29) is 0 Å². The highest BCUT2D eigenvalue weighted by molar-refractivity contribution is 5.57. The fourth-order valence-corrected chi connectivity index (χ4v) is 2.33. The molecule has 0 aliphatic carbocycles. The van der Waals surface area contributed by atoms with Crippen molar-refractivity contribution in [2.45, 2.75) is 32.9 Å². The molecule has 1 aromatic carbocycles. The SMILES string of the molecule is CCC(NC)c1cccc(-c2nccn2CC)c1. The third kappa shape index (κ3) is 2.46. The molecule has 0 amide bonds. The highest BCUT2D eigenvalue weighted by Gasteiger charge is 2.09. The number of rotatable bonds is 5. The van der Waals surface area contributed by atoms with E-state index in [1.165, 1.54) is 11.1 Å². The van der Waals surface area contributed by atoms with Gasteiger partial charge in [0.25, 0.3) is 0 Å². The van der Waals surface area contributed by atoms with E-state index in [1.807, 2.05) is 19.4 Å². The van der Waals surface area contributed by atoms with Gasteiger partial charge in [-0.25, -0.2) is 4.98 Å². The molecule has 1 N–H and O–H groups in total. The van der Waals surface area contributed by atoms with Crippen LogP contribution in [0.25, 0.3) is 11.4 Å². The molecule has 1 heterocycles. The second-order valence-corrected chi connectivity index (χ2v) is 4.41. The lowest BCUT2D eigenvalue weighted by Crippen LogP contribution is -2.15. The van der Waals surface area contributed by atoms with Gasteiger partial charge in [0, 0.05) is 30.5 Å². The van der Waals surface area contributed by atoms with Gasteiger partial charge in [-0.2, -0.15) is 0 Å². The number of imidazole rings is 1. The van der Waals surface area contributed by atoms with Crippen LogP contribution in [0.5, 0.6) is 0 Å². The number of hydrogen-bond acceptors (Lipinski definition) is 2. The third-order valence-electron chi connectivity index (χ3n) is 3.36. The lowest BCUT2D eigenvalue weighted by molar-refractivity contribution is 0.577. The minimum Gasteiger partial charge on any atom is -0.331 e. The zero-order chi connectivity index (χ0) is 13.0. The predicted octanol–water partition coefficient (Wildman–Crippen LogP) is 3.24. The van der Waals surface area contributed by atoms with E-state index in [1.54, 1.807) is 0 Å². The van der Waals surface area contributed by atoms with Crippen LogP contribution in [0, 0.1) is 0 Å². The third-order valence-corrected chi connectivity index (χ3v) is 3.36. The molecular weight excluding hydrogens is 222 g/mol. The van der Waals surface area contributed by atoms with Crippen LogP contribution in [0.4, 0.5) is 0 Å². The number of nitrogens with one attached hydrogen (secondary N) is 1. The van der Waals surface area contributed by atoms with Crippen LogP contribution >= 0.6 is 0 Å². The van der Waals surface area contributed by atoms with Gasteiger partial charge >= 0.3 is 0 Å². The summed E-state index contributed by atoms with van der Waals surface area (Å²) in [6, 6.07) is 9.06. The van der Waals surface area contributed by atoms with Gasteiger partial charge in [0.15, 0.2) is 0 Å². The molecule has 2 aromatic rings. The number of benzene rings is 1. The molecule has 0 bridgehead atoms. The Balaban J connectivity index is 2.38. The second-order valence-electron chi connectivity index (χ2n) is 4.41. The average molecular weight is 243 g/mol. The molecule has 3 heteroatoms. The molecule has 0 radical (unpaired) electrons. The fourth-order valence-electron chi connectivity index (χ4n) is 2.33. The molecule has 0 saturated heterocycles. The molecule has 0 fully saturated rings. The molecule has 1 atom stereocenters. The first kappa shape index (κ1) is 12.8. The zero-order valence-electron chi connectivity index (χ0n) is 11.4. The Labute approximate surface area is 109 Å². The summed E-state index contributed by atoms with van der Waals surface area (Å²) in [5, 5.41) is 3.34. The van der Waals surface area contributed by atoms with Crippen molar-refractivity contribution in [1.29, 1.82) is 0 Å². The van der Waals surface area contributed by atoms with Crippen molar-refractivity contribution >= 4 is 0 Å². The van der Waals surface area contributed by atoms with E-state index in [9.17, 15) is 0 Å². The Morgan fingerprint density at radius 3 is 2.83 bits per heavy atom. The topological polar surface area (TPSA) is 29.9 Å². The first-order valence-corrected chi connectivity index (χ1v) is 6.58. The molecule has 18 heavy (non-hydrogen) atoms. The van der Waals surface area contributed by atoms with Crippen molar-refractivity contribution in [2.75, 3.05) is 7.05 Å². The Bertz CT molecular complexity index is 498. The lowest BCUT2D eigenvalue weighted by Gasteiger charge is -2.15. The van der Waals surface area contributed by atoms with Crippen LogP contribution in [0.15, 0.2) is 36.7 Å². The van der Waals surface area contributed by atoms with Crippen LogP contribution in [-0.4, -0.2) is 16.6 Å². The summed E-state index contributed by atoms with van der Waals surface area (Å²) in [6.45, 7) is 5.28. The lowest BCUT2D eigenvalue weighted by atomic mass is 10.0. The average Bonchev–Trinajstić information content (AvgIpc) is 2.89. The van der Waals surface area contributed by atoms with E-state index in [0.29, 0.717) is 6.04 Å². The maximum Gasteiger partial charge on any atom is 0.139 e. The molecule has 3 nitrogen and oxygen atoms in total. The van der Waals surface area contributed by atoms with E-state index < -0.39 is 0 Å². The Morgan fingerprint density at radius 2 is 2.17 bits per heavy atom. The van der Waals surface area contributed by atoms with Crippen molar-refractivity contribution in [3.8, 4) is 11.4 Å². The summed E-state index contributed by atoms with van der Waals surface area (Å²) in [4.78, 5) is 4.45. The molecular formula is C15H21N3. The molecule has 0 spiro atoms. The van der Waals surface area contributed by atoms with Gasteiger partial charge in [0.1, 0.15) is 5.82 Å². The van der Waals surface area contributed by atoms with Crippen LogP contribution in [0.2, 0.25) is 0 Å². The standard InChI is InChI=1S/C15H21N3/c1-4-14(16-3)12-7-6-8-13(11-12)15-17-9-10-18(15)5-2/h6-11,14,16H,4-5H2,1-3H3. The molecule has 2 rings (SSSR count). The van der Waals surface area contributed by atoms with Gasteiger partial charge < -0.3 is 9.88 Å². The van der Waals surface area contributed by atoms with Crippen molar-refractivity contribution < 1.29 is 0 Å².